The molecule has 0 aliphatic rings. The van der Waals surface area contributed by atoms with Crippen LogP contribution >= 0.6 is 0 Å². The van der Waals surface area contributed by atoms with Crippen LogP contribution in [0.1, 0.15) is 21.7 Å². The van der Waals surface area contributed by atoms with Crippen LogP contribution in [0.4, 0.5) is 5.69 Å². The molecule has 0 saturated carbocycles. The molecule has 0 aliphatic heterocycles. The molecule has 1 heterocycles. The minimum atomic E-state index is -0.458. The van der Waals surface area contributed by atoms with E-state index in [4.69, 9.17) is 14.4 Å². The third kappa shape index (κ3) is 3.15. The molecule has 1 N–H and O–H groups in total. The molecule has 0 amide bonds. The highest BCUT2D eigenvalue weighted by atomic mass is 16.5. The molecule has 21 heavy (non-hydrogen) atoms. The van der Waals surface area contributed by atoms with Gasteiger partial charge in [0.25, 0.3) is 0 Å². The van der Waals surface area contributed by atoms with Crippen LogP contribution in [-0.2, 0) is 11.3 Å². The predicted octanol–water partition coefficient (Wildman–Crippen LogP) is 2.56. The highest BCUT2D eigenvalue weighted by molar-refractivity contribution is 5.89. The molecule has 108 valence electrons. The fourth-order valence-corrected chi connectivity index (χ4v) is 1.85. The first-order valence-corrected chi connectivity index (χ1v) is 6.16. The van der Waals surface area contributed by atoms with E-state index in [2.05, 4.69) is 16.1 Å². The van der Waals surface area contributed by atoms with Gasteiger partial charge in [0.05, 0.1) is 37.6 Å². The molecule has 0 atom stereocenters. The first kappa shape index (κ1) is 14.5. The van der Waals surface area contributed by atoms with Crippen LogP contribution in [-0.4, -0.2) is 20.2 Å². The Bertz CT molecular complexity index is 685. The Kier molecular flexibility index (Phi) is 4.46. The number of hydrogen-bond acceptors (Lipinski definition) is 6. The Hall–Kier alpha value is -2.94. The van der Waals surface area contributed by atoms with Gasteiger partial charge >= 0.3 is 5.97 Å². The number of furan rings is 1. The Morgan fingerprint density at radius 1 is 1.43 bits per heavy atom. The number of ether oxygens (including phenoxy) is 2. The summed E-state index contributed by atoms with van der Waals surface area (Å²) in [5, 5.41) is 12.2. The van der Waals surface area contributed by atoms with Gasteiger partial charge in [0.2, 0.25) is 0 Å². The summed E-state index contributed by atoms with van der Waals surface area (Å²) < 4.78 is 15.1. The maximum atomic E-state index is 11.3. The van der Waals surface area contributed by atoms with E-state index >= 15 is 0 Å². The van der Waals surface area contributed by atoms with Crippen LogP contribution in [0.2, 0.25) is 0 Å². The lowest BCUT2D eigenvalue weighted by Crippen LogP contribution is -2.03. The smallest absolute Gasteiger partial charge is 0.341 e. The minimum absolute atomic E-state index is 0.312. The molecule has 1 aromatic heterocycles. The molecule has 1 aromatic carbocycles. The largest absolute Gasteiger partial charge is 0.495 e. The number of anilines is 1. The van der Waals surface area contributed by atoms with E-state index in [1.165, 1.54) is 20.5 Å². The molecular formula is C15H14N2O4. The topological polar surface area (TPSA) is 84.5 Å². The molecule has 2 aromatic rings. The van der Waals surface area contributed by atoms with Crippen molar-refractivity contribution in [2.24, 2.45) is 0 Å². The van der Waals surface area contributed by atoms with E-state index in [9.17, 15) is 4.79 Å². The molecule has 0 fully saturated rings. The van der Waals surface area contributed by atoms with E-state index in [0.29, 0.717) is 34.9 Å². The number of rotatable bonds is 5. The summed E-state index contributed by atoms with van der Waals surface area (Å²) in [4.78, 5) is 11.3. The van der Waals surface area contributed by atoms with Gasteiger partial charge < -0.3 is 19.2 Å². The van der Waals surface area contributed by atoms with Gasteiger partial charge in [-0.2, -0.15) is 5.26 Å². The summed E-state index contributed by atoms with van der Waals surface area (Å²) in [5.74, 6) is 0.652. The van der Waals surface area contributed by atoms with Crippen LogP contribution in [0.15, 0.2) is 34.9 Å². The van der Waals surface area contributed by atoms with Crippen molar-refractivity contribution in [1.82, 2.24) is 0 Å². The summed E-state index contributed by atoms with van der Waals surface area (Å²) in [6.45, 7) is 0.312. The van der Waals surface area contributed by atoms with E-state index in [0.717, 1.165) is 0 Å². The molecule has 0 radical (unpaired) electrons. The van der Waals surface area contributed by atoms with Crippen molar-refractivity contribution in [2.45, 2.75) is 6.54 Å². The number of nitriles is 1. The first-order chi connectivity index (χ1) is 10.2. The number of esters is 1. The molecule has 0 saturated heterocycles. The Morgan fingerprint density at radius 2 is 2.24 bits per heavy atom. The fraction of sp³-hybridized carbons (Fsp3) is 0.200. The molecule has 6 heteroatoms. The second-order valence-corrected chi connectivity index (χ2v) is 4.14. The summed E-state index contributed by atoms with van der Waals surface area (Å²) in [6.07, 6.45) is 1.33. The lowest BCUT2D eigenvalue weighted by Gasteiger charge is -2.11. The second-order valence-electron chi connectivity index (χ2n) is 4.14. The molecule has 0 spiro atoms. The molecule has 6 nitrogen and oxygen atoms in total. The number of methoxy groups -OCH3 is 2. The summed E-state index contributed by atoms with van der Waals surface area (Å²) >= 11 is 0. The zero-order valence-corrected chi connectivity index (χ0v) is 11.7. The Morgan fingerprint density at radius 3 is 2.90 bits per heavy atom. The van der Waals surface area contributed by atoms with E-state index in [1.54, 1.807) is 24.3 Å². The van der Waals surface area contributed by atoms with Gasteiger partial charge in [-0.3, -0.25) is 0 Å². The lowest BCUT2D eigenvalue weighted by atomic mass is 10.1. The fourth-order valence-electron chi connectivity index (χ4n) is 1.85. The standard InChI is InChI=1S/C15H14N2O4/c1-19-13-5-3-4-10(7-16)14(13)17-8-12-6-11(9-21-12)15(18)20-2/h3-6,9,17H,8H2,1-2H3. The van der Waals surface area contributed by atoms with E-state index < -0.39 is 5.97 Å². The highest BCUT2D eigenvalue weighted by Gasteiger charge is 2.12. The third-order valence-electron chi connectivity index (χ3n) is 2.88. The maximum absolute atomic E-state index is 11.3. The van der Waals surface area contributed by atoms with E-state index in [1.807, 2.05) is 0 Å². The number of nitrogens with one attached hydrogen (secondary N) is 1. The van der Waals surface area contributed by atoms with Crippen molar-refractivity contribution >= 4 is 11.7 Å². The zero-order chi connectivity index (χ0) is 15.2. The van der Waals surface area contributed by atoms with Crippen LogP contribution in [0.25, 0.3) is 0 Å². The number of benzene rings is 1. The average Bonchev–Trinajstić information content (AvgIpc) is 3.00. The van der Waals surface area contributed by atoms with Crippen LogP contribution in [0, 0.1) is 11.3 Å². The van der Waals surface area contributed by atoms with Crippen LogP contribution in [0.5, 0.6) is 5.75 Å². The lowest BCUT2D eigenvalue weighted by molar-refractivity contribution is 0.0600. The second kappa shape index (κ2) is 6.48. The number of carbonyl (C=O) groups excluding carboxylic acids is 1. The Balaban J connectivity index is 2.15. The summed E-state index contributed by atoms with van der Waals surface area (Å²) in [7, 11) is 2.84. The number of nitrogens with zero attached hydrogens (tertiary/aromatic N) is 1. The van der Waals surface area contributed by atoms with E-state index in [-0.39, 0.29) is 0 Å². The molecule has 0 aliphatic carbocycles. The third-order valence-corrected chi connectivity index (χ3v) is 2.88. The van der Waals surface area contributed by atoms with Gasteiger partial charge in [0, 0.05) is 0 Å². The molecular weight excluding hydrogens is 272 g/mol. The number of para-hydroxylation sites is 1. The van der Waals surface area contributed by atoms with Gasteiger partial charge in [-0.05, 0) is 18.2 Å². The molecule has 2 rings (SSSR count). The van der Waals surface area contributed by atoms with Crippen molar-refractivity contribution in [2.75, 3.05) is 19.5 Å². The van der Waals surface area contributed by atoms with Gasteiger partial charge in [0.15, 0.2) is 0 Å². The quantitative estimate of drug-likeness (QED) is 0.850. The monoisotopic (exact) mass is 286 g/mol. The zero-order valence-electron chi connectivity index (χ0n) is 11.7. The summed E-state index contributed by atoms with van der Waals surface area (Å²) in [5.41, 5.74) is 1.39. The van der Waals surface area contributed by atoms with Gasteiger partial charge in [-0.15, -0.1) is 0 Å². The first-order valence-electron chi connectivity index (χ1n) is 6.16. The molecule has 0 unspecified atom stereocenters. The number of hydrogen-bond donors (Lipinski definition) is 1. The van der Waals surface area contributed by atoms with Crippen molar-refractivity contribution in [1.29, 1.82) is 5.26 Å². The van der Waals surface area contributed by atoms with Crippen LogP contribution in [0.3, 0.4) is 0 Å². The van der Waals surface area contributed by atoms with Crippen molar-refractivity contribution < 1.29 is 18.7 Å². The van der Waals surface area contributed by atoms with Gasteiger partial charge in [0.1, 0.15) is 23.8 Å². The predicted molar refractivity (Wildman–Crippen MR) is 75.1 cm³/mol. The minimum Gasteiger partial charge on any atom is -0.495 e. The number of carbonyl (C=O) groups is 1. The normalized spacial score (nSPS) is 9.76. The van der Waals surface area contributed by atoms with Crippen molar-refractivity contribution in [3.63, 3.8) is 0 Å². The van der Waals surface area contributed by atoms with Gasteiger partial charge in [-0.1, -0.05) is 6.07 Å². The Labute approximate surface area is 121 Å². The molecule has 0 bridgehead atoms. The average molecular weight is 286 g/mol. The van der Waals surface area contributed by atoms with Gasteiger partial charge in [-0.25, -0.2) is 4.79 Å². The SMILES string of the molecule is COC(=O)c1coc(CNc2c(C#N)cccc2OC)c1. The van der Waals surface area contributed by atoms with Crippen molar-refractivity contribution in [3.05, 3.63) is 47.4 Å². The summed E-state index contributed by atoms with van der Waals surface area (Å²) in [6, 6.07) is 8.86. The van der Waals surface area contributed by atoms with Crippen LogP contribution < -0.4 is 10.1 Å². The van der Waals surface area contributed by atoms with Crippen molar-refractivity contribution in [3.8, 4) is 11.8 Å². The highest BCUT2D eigenvalue weighted by Crippen LogP contribution is 2.28. The maximum Gasteiger partial charge on any atom is 0.341 e.